The van der Waals surface area contributed by atoms with Crippen LogP contribution in [0.15, 0.2) is 33.9 Å². The summed E-state index contributed by atoms with van der Waals surface area (Å²) in [5, 5.41) is 6.78. The van der Waals surface area contributed by atoms with E-state index in [-0.39, 0.29) is 19.3 Å². The molecule has 0 radical (unpaired) electrons. The average molecular weight is 430 g/mol. The third kappa shape index (κ3) is 5.42. The number of carbonyl (C=O) groups is 1. The molecule has 0 spiro atoms. The molecule has 168 valence electrons. The third-order valence-corrected chi connectivity index (χ3v) is 4.52. The van der Waals surface area contributed by atoms with Crippen LogP contribution in [0.4, 0.5) is 0 Å². The Morgan fingerprint density at radius 3 is 2.81 bits per heavy atom. The largest absolute Gasteiger partial charge is 0.487 e. The van der Waals surface area contributed by atoms with Crippen molar-refractivity contribution in [2.75, 3.05) is 7.05 Å². The monoisotopic (exact) mass is 429 g/mol. The number of nitrogens with two attached hydrogens (primary N) is 1. The van der Waals surface area contributed by atoms with Gasteiger partial charge in [0.15, 0.2) is 6.61 Å². The van der Waals surface area contributed by atoms with Crippen LogP contribution in [-0.2, 0) is 18.4 Å². The van der Waals surface area contributed by atoms with Crippen molar-refractivity contribution >= 4 is 11.7 Å². The molecule has 2 heterocycles. The topological polar surface area (TPSA) is 125 Å². The van der Waals surface area contributed by atoms with Gasteiger partial charge in [0.05, 0.1) is 0 Å². The van der Waals surface area contributed by atoms with Crippen LogP contribution in [0.2, 0.25) is 0 Å². The molecule has 1 aliphatic rings. The normalized spacial score (nSPS) is 15.6. The summed E-state index contributed by atoms with van der Waals surface area (Å²) in [7, 11) is 1.73. The molecule has 9 heteroatoms. The minimum absolute atomic E-state index is 0. The van der Waals surface area contributed by atoms with Crippen molar-refractivity contribution in [3.05, 3.63) is 47.3 Å². The summed E-state index contributed by atoms with van der Waals surface area (Å²) in [6, 6.07) is 3.32. The number of aromatic nitrogens is 2. The van der Waals surface area contributed by atoms with E-state index in [2.05, 4.69) is 20.4 Å². The van der Waals surface area contributed by atoms with Crippen LogP contribution >= 0.6 is 0 Å². The Balaban J connectivity index is 0.00000363. The van der Waals surface area contributed by atoms with Gasteiger partial charge in [0, 0.05) is 31.4 Å². The van der Waals surface area contributed by atoms with Gasteiger partial charge in [-0.25, -0.2) is 0 Å². The van der Waals surface area contributed by atoms with Crippen LogP contribution in [-0.4, -0.2) is 34.5 Å². The van der Waals surface area contributed by atoms with Crippen LogP contribution in [0.5, 0.6) is 11.5 Å². The van der Waals surface area contributed by atoms with E-state index in [0.29, 0.717) is 35.2 Å². The summed E-state index contributed by atoms with van der Waals surface area (Å²) in [4.78, 5) is 21.0. The van der Waals surface area contributed by atoms with Gasteiger partial charge in [-0.15, -0.1) is 0 Å². The second kappa shape index (κ2) is 8.41. The highest BCUT2D eigenvalue weighted by Crippen LogP contribution is 2.41. The molecule has 0 saturated carbocycles. The van der Waals surface area contributed by atoms with Crippen molar-refractivity contribution in [1.82, 2.24) is 15.5 Å². The van der Waals surface area contributed by atoms with Crippen LogP contribution in [0.25, 0.3) is 0 Å². The number of benzene rings is 1. The van der Waals surface area contributed by atoms with Crippen molar-refractivity contribution < 1.29 is 20.2 Å². The first kappa shape index (κ1) is 22.3. The molecule has 1 amide bonds. The number of hydrogen-bond acceptors (Lipinski definition) is 7. The van der Waals surface area contributed by atoms with E-state index in [0.717, 1.165) is 5.56 Å². The summed E-state index contributed by atoms with van der Waals surface area (Å²) in [6.07, 6.45) is 3.74. The minimum atomic E-state index is -0.492. The van der Waals surface area contributed by atoms with Gasteiger partial charge in [0.2, 0.25) is 11.7 Å². The van der Waals surface area contributed by atoms with Crippen LogP contribution in [0.3, 0.4) is 0 Å². The smallest absolute Gasteiger partial charge is 0.279 e. The maximum Gasteiger partial charge on any atom is 0.279 e. The van der Waals surface area contributed by atoms with Gasteiger partial charge in [-0.1, -0.05) is 25.9 Å². The van der Waals surface area contributed by atoms with E-state index in [1.54, 1.807) is 25.4 Å². The predicted octanol–water partition coefficient (Wildman–Crippen LogP) is 3.14. The number of amidine groups is 1. The fraction of sp³-hybridized carbons (Fsp3) is 0.455. The molecule has 0 aliphatic carbocycles. The Hall–Kier alpha value is -3.36. The molecule has 31 heavy (non-hydrogen) atoms. The molecule has 3 N–H and O–H groups in total. The molecular formula is C22H31N5O4. The molecule has 0 unspecified atom stereocenters. The second-order valence-electron chi connectivity index (χ2n) is 9.01. The molecule has 0 fully saturated rings. The highest BCUT2D eigenvalue weighted by atomic mass is 16.5. The van der Waals surface area contributed by atoms with Crippen molar-refractivity contribution in [1.29, 1.82) is 0 Å². The number of nitrogens with one attached hydrogen (secondary N) is 1. The third-order valence-electron chi connectivity index (χ3n) is 4.52. The zero-order valence-electron chi connectivity index (χ0n) is 18.8. The lowest BCUT2D eigenvalue weighted by Crippen LogP contribution is -2.24. The van der Waals surface area contributed by atoms with Crippen molar-refractivity contribution in [3.8, 4) is 11.5 Å². The molecule has 0 bridgehead atoms. The predicted molar refractivity (Wildman–Crippen MR) is 118 cm³/mol. The Morgan fingerprint density at radius 2 is 2.16 bits per heavy atom. The Kier molecular flexibility index (Phi) is 6.06. The minimum Gasteiger partial charge on any atom is -0.487 e. The van der Waals surface area contributed by atoms with Crippen molar-refractivity contribution in [2.24, 2.45) is 10.7 Å². The SMILES string of the molecule is CN/C=C\C(N)=NC(=O)c1cc(OCc2noc(C(C)(C)C)n2)c2c(c1)OC(C)(C)C2.[HH]. The Morgan fingerprint density at radius 1 is 1.42 bits per heavy atom. The number of rotatable bonds is 6. The van der Waals surface area contributed by atoms with Crippen LogP contribution in [0.1, 0.15) is 63.7 Å². The number of nitrogens with zero attached hydrogens (tertiary/aromatic N) is 3. The first-order valence-electron chi connectivity index (χ1n) is 10.0. The molecule has 1 aromatic heterocycles. The molecular weight excluding hydrogens is 398 g/mol. The van der Waals surface area contributed by atoms with E-state index in [9.17, 15) is 4.79 Å². The number of carbonyl (C=O) groups excluding carboxylic acids is 1. The first-order valence-corrected chi connectivity index (χ1v) is 10.0. The second-order valence-corrected chi connectivity index (χ2v) is 9.01. The fourth-order valence-electron chi connectivity index (χ4n) is 3.04. The van der Waals surface area contributed by atoms with Crippen molar-refractivity contribution in [3.63, 3.8) is 0 Å². The van der Waals surface area contributed by atoms with E-state index in [1.807, 2.05) is 34.6 Å². The zero-order chi connectivity index (χ0) is 22.8. The Labute approximate surface area is 183 Å². The number of ether oxygens (including phenoxy) is 2. The highest BCUT2D eigenvalue weighted by molar-refractivity contribution is 6.06. The first-order chi connectivity index (χ1) is 14.5. The lowest BCUT2D eigenvalue weighted by Gasteiger charge is -2.16. The van der Waals surface area contributed by atoms with E-state index in [1.165, 1.54) is 6.08 Å². The molecule has 3 rings (SSSR count). The van der Waals surface area contributed by atoms with Gasteiger partial charge in [-0.05, 0) is 38.3 Å². The van der Waals surface area contributed by atoms with Gasteiger partial charge in [-0.3, -0.25) is 4.79 Å². The molecule has 1 aromatic carbocycles. The lowest BCUT2D eigenvalue weighted by atomic mass is 9.97. The van der Waals surface area contributed by atoms with Crippen molar-refractivity contribution in [2.45, 2.75) is 58.7 Å². The van der Waals surface area contributed by atoms with Gasteiger partial charge >= 0.3 is 0 Å². The number of hydrogen-bond donors (Lipinski definition) is 2. The average Bonchev–Trinajstić information content (AvgIpc) is 3.27. The highest BCUT2D eigenvalue weighted by Gasteiger charge is 2.34. The van der Waals surface area contributed by atoms with Gasteiger partial charge in [0.25, 0.3) is 5.91 Å². The summed E-state index contributed by atoms with van der Waals surface area (Å²) in [5.41, 5.74) is 6.31. The van der Waals surface area contributed by atoms with E-state index in [4.69, 9.17) is 19.7 Å². The van der Waals surface area contributed by atoms with Gasteiger partial charge in [-0.2, -0.15) is 9.98 Å². The standard InChI is InChI=1S/C22H29N5O4.H2/c1-21(2,3)20-26-18(27-31-20)12-29-15-9-13(19(28)25-17(23)7-8-24-6)10-16-14(15)11-22(4,5)30-16;/h7-10,24H,11-12H2,1-6H3,(H2,23,25,28);1H/b8-7-;. The molecule has 0 atom stereocenters. The van der Waals surface area contributed by atoms with Gasteiger partial charge in [0.1, 0.15) is 22.9 Å². The molecule has 0 saturated heterocycles. The summed E-state index contributed by atoms with van der Waals surface area (Å²) >= 11 is 0. The molecule has 9 nitrogen and oxygen atoms in total. The number of aliphatic imine (C=N–C) groups is 1. The van der Waals surface area contributed by atoms with Gasteiger partial charge < -0.3 is 25.0 Å². The maximum absolute atomic E-state index is 12.6. The summed E-state index contributed by atoms with van der Waals surface area (Å²) in [6.45, 7) is 10.0. The lowest BCUT2D eigenvalue weighted by molar-refractivity contribution is 0.100. The maximum atomic E-state index is 12.6. The quantitative estimate of drug-likeness (QED) is 0.530. The summed E-state index contributed by atoms with van der Waals surface area (Å²) < 4.78 is 17.3. The molecule has 1 aliphatic heterocycles. The zero-order valence-corrected chi connectivity index (χ0v) is 18.8. The van der Waals surface area contributed by atoms with Crippen LogP contribution in [0, 0.1) is 0 Å². The van der Waals surface area contributed by atoms with E-state index < -0.39 is 11.5 Å². The number of fused-ring (bicyclic) bond motifs is 1. The Bertz CT molecular complexity index is 1040. The number of amides is 1. The molecule has 2 aromatic rings. The van der Waals surface area contributed by atoms with Crippen LogP contribution < -0.4 is 20.5 Å². The van der Waals surface area contributed by atoms with E-state index >= 15 is 0 Å². The fourth-order valence-corrected chi connectivity index (χ4v) is 3.04. The summed E-state index contributed by atoms with van der Waals surface area (Å²) in [5.74, 6) is 1.66.